The Balaban J connectivity index is 2.38. The van der Waals surface area contributed by atoms with Gasteiger partial charge in [0, 0.05) is 20.0 Å². The van der Waals surface area contributed by atoms with Crippen LogP contribution in [0.15, 0.2) is 28.2 Å². The van der Waals surface area contributed by atoms with Gasteiger partial charge in [-0.1, -0.05) is 17.4 Å². The number of rotatable bonds is 7. The number of thiazole rings is 1. The van der Waals surface area contributed by atoms with Crippen molar-refractivity contribution in [3.8, 4) is 0 Å². The van der Waals surface area contributed by atoms with E-state index in [-0.39, 0.29) is 33.8 Å². The van der Waals surface area contributed by atoms with Crippen LogP contribution in [0.25, 0.3) is 0 Å². The van der Waals surface area contributed by atoms with E-state index < -0.39 is 26.6 Å². The molecule has 9 nitrogen and oxygen atoms in total. The average Bonchev–Trinajstić information content (AvgIpc) is 2.98. The second-order valence-electron chi connectivity index (χ2n) is 5.56. The number of anilines is 1. The Bertz CT molecular complexity index is 903. The van der Waals surface area contributed by atoms with Crippen molar-refractivity contribution in [2.45, 2.75) is 37.9 Å². The highest BCUT2D eigenvalue weighted by Crippen LogP contribution is 2.33. The monoisotopic (exact) mass is 415 g/mol. The summed E-state index contributed by atoms with van der Waals surface area (Å²) in [6.07, 6.45) is 4.28. The van der Waals surface area contributed by atoms with Gasteiger partial charge < -0.3 is 20.5 Å². The highest BCUT2D eigenvalue weighted by atomic mass is 32.2. The van der Waals surface area contributed by atoms with Crippen LogP contribution in [-0.2, 0) is 24.1 Å². The topological polar surface area (TPSA) is 138 Å². The number of nitrogen functional groups attached to an aromatic ring is 1. The molecule has 0 fully saturated rings. The zero-order valence-corrected chi connectivity index (χ0v) is 16.8. The van der Waals surface area contributed by atoms with Crippen LogP contribution >= 0.6 is 11.3 Å². The highest BCUT2D eigenvalue weighted by molar-refractivity contribution is 7.95. The van der Waals surface area contributed by atoms with Crippen molar-refractivity contribution < 1.29 is 27.5 Å². The molecule has 0 bridgehead atoms. The van der Waals surface area contributed by atoms with E-state index in [1.165, 1.54) is 25.2 Å². The Hall–Kier alpha value is -2.24. The summed E-state index contributed by atoms with van der Waals surface area (Å²) in [6.45, 7) is 5.12. The van der Waals surface area contributed by atoms with Gasteiger partial charge in [-0.15, -0.1) is 0 Å². The lowest BCUT2D eigenvalue weighted by Gasteiger charge is -2.32. The van der Waals surface area contributed by atoms with Gasteiger partial charge in [0.1, 0.15) is 0 Å². The van der Waals surface area contributed by atoms with Crippen molar-refractivity contribution in [1.29, 1.82) is 0 Å². The molecule has 3 N–H and O–H groups in total. The number of esters is 1. The molecule has 1 aliphatic rings. The van der Waals surface area contributed by atoms with Gasteiger partial charge >= 0.3 is 5.97 Å². The number of nitrogens with zero attached hydrogens (tertiary/aromatic N) is 1. The maximum absolute atomic E-state index is 13.0. The molecular formula is C16H21N3O6S2. The number of carbonyl (C=O) groups excluding carboxylic acids is 2. The number of ether oxygens (including phenoxy) is 2. The number of nitrogens with one attached hydrogen (secondary N) is 1. The van der Waals surface area contributed by atoms with Crippen LogP contribution in [0.2, 0.25) is 0 Å². The summed E-state index contributed by atoms with van der Waals surface area (Å²) in [5, 5.41) is 2.16. The number of sulfone groups is 1. The first kappa shape index (κ1) is 21.1. The zero-order chi connectivity index (χ0) is 20.2. The van der Waals surface area contributed by atoms with E-state index in [1.807, 2.05) is 0 Å². The van der Waals surface area contributed by atoms with Crippen LogP contribution in [0, 0.1) is 0 Å². The van der Waals surface area contributed by atoms with Gasteiger partial charge in [0.15, 0.2) is 20.8 Å². The lowest BCUT2D eigenvalue weighted by molar-refractivity contribution is -0.127. The molecule has 0 aliphatic heterocycles. The SMILES string of the molecule is CCOC(=O)c1sc(N)nc1S(=O)(=O)C1=CCC(NC(C)=O)(OCC)C=C1. The van der Waals surface area contributed by atoms with E-state index in [0.717, 1.165) is 11.3 Å². The Morgan fingerprint density at radius 3 is 2.59 bits per heavy atom. The molecule has 27 heavy (non-hydrogen) atoms. The maximum Gasteiger partial charge on any atom is 0.351 e. The number of hydrogen-bond donors (Lipinski definition) is 2. The minimum absolute atomic E-state index is 0.0565. The second kappa shape index (κ2) is 8.19. The molecule has 1 aliphatic carbocycles. The third-order valence-corrected chi connectivity index (χ3v) is 6.27. The Kier molecular flexibility index (Phi) is 6.39. The molecule has 1 aromatic rings. The predicted octanol–water partition coefficient (Wildman–Crippen LogP) is 1.39. The lowest BCUT2D eigenvalue weighted by atomic mass is 10.0. The summed E-state index contributed by atoms with van der Waals surface area (Å²) in [5.74, 6) is -1.11. The van der Waals surface area contributed by atoms with E-state index >= 15 is 0 Å². The van der Waals surface area contributed by atoms with Crippen molar-refractivity contribution >= 4 is 38.2 Å². The first-order valence-electron chi connectivity index (χ1n) is 8.15. The fraction of sp³-hybridized carbons (Fsp3) is 0.438. The highest BCUT2D eigenvalue weighted by Gasteiger charge is 2.35. The minimum Gasteiger partial charge on any atom is -0.462 e. The molecule has 1 atom stereocenters. The summed E-state index contributed by atoms with van der Waals surface area (Å²) < 4.78 is 36.4. The number of hydrogen-bond acceptors (Lipinski definition) is 9. The van der Waals surface area contributed by atoms with Crippen LogP contribution in [0.5, 0.6) is 0 Å². The number of carbonyl (C=O) groups is 2. The number of amides is 1. The molecule has 1 aromatic heterocycles. The average molecular weight is 415 g/mol. The predicted molar refractivity (Wildman–Crippen MR) is 99.7 cm³/mol. The van der Waals surface area contributed by atoms with Crippen LogP contribution in [-0.4, -0.2) is 44.2 Å². The summed E-state index contributed by atoms with van der Waals surface area (Å²) in [7, 11) is -4.10. The van der Waals surface area contributed by atoms with Crippen molar-refractivity contribution in [3.05, 3.63) is 28.0 Å². The molecule has 0 spiro atoms. The molecule has 1 heterocycles. The molecule has 0 aromatic carbocycles. The summed E-state index contributed by atoms with van der Waals surface area (Å²) in [5.41, 5.74) is 4.49. The van der Waals surface area contributed by atoms with Gasteiger partial charge in [0.25, 0.3) is 0 Å². The number of nitrogens with two attached hydrogens (primary N) is 1. The number of allylic oxidation sites excluding steroid dienone is 1. The minimum atomic E-state index is -4.10. The Morgan fingerprint density at radius 1 is 1.37 bits per heavy atom. The van der Waals surface area contributed by atoms with Gasteiger partial charge in [-0.2, -0.15) is 0 Å². The third-order valence-electron chi connectivity index (χ3n) is 3.55. The van der Waals surface area contributed by atoms with Gasteiger partial charge in [0.05, 0.1) is 11.5 Å². The van der Waals surface area contributed by atoms with Crippen LogP contribution in [0.4, 0.5) is 5.13 Å². The molecule has 1 amide bonds. The Morgan fingerprint density at radius 2 is 2.07 bits per heavy atom. The van der Waals surface area contributed by atoms with Crippen LogP contribution < -0.4 is 11.1 Å². The summed E-state index contributed by atoms with van der Waals surface area (Å²) in [6, 6.07) is 0. The Labute approximate surface area is 161 Å². The largest absolute Gasteiger partial charge is 0.462 e. The van der Waals surface area contributed by atoms with E-state index in [9.17, 15) is 18.0 Å². The molecule has 0 saturated heterocycles. The fourth-order valence-corrected chi connectivity index (χ4v) is 4.99. The van der Waals surface area contributed by atoms with Crippen molar-refractivity contribution in [3.63, 3.8) is 0 Å². The molecule has 2 rings (SSSR count). The van der Waals surface area contributed by atoms with Gasteiger partial charge in [-0.05, 0) is 26.0 Å². The summed E-state index contributed by atoms with van der Waals surface area (Å²) >= 11 is 0.750. The maximum atomic E-state index is 13.0. The summed E-state index contributed by atoms with van der Waals surface area (Å²) in [4.78, 5) is 27.0. The van der Waals surface area contributed by atoms with Crippen molar-refractivity contribution in [2.75, 3.05) is 18.9 Å². The smallest absolute Gasteiger partial charge is 0.351 e. The first-order valence-corrected chi connectivity index (χ1v) is 10.5. The quantitative estimate of drug-likeness (QED) is 0.503. The second-order valence-corrected chi connectivity index (χ2v) is 8.45. The number of aromatic nitrogens is 1. The van der Waals surface area contributed by atoms with E-state index in [1.54, 1.807) is 13.8 Å². The van der Waals surface area contributed by atoms with E-state index in [0.29, 0.717) is 6.61 Å². The molecule has 11 heteroatoms. The van der Waals surface area contributed by atoms with Gasteiger partial charge in [0.2, 0.25) is 15.7 Å². The normalized spacial score (nSPS) is 19.4. The molecule has 0 saturated carbocycles. The molecule has 148 valence electrons. The van der Waals surface area contributed by atoms with Crippen LogP contribution in [0.3, 0.4) is 0 Å². The van der Waals surface area contributed by atoms with Crippen molar-refractivity contribution in [2.24, 2.45) is 0 Å². The molecule has 1 unspecified atom stereocenters. The van der Waals surface area contributed by atoms with Crippen LogP contribution in [0.1, 0.15) is 36.9 Å². The third kappa shape index (κ3) is 4.54. The first-order chi connectivity index (χ1) is 12.6. The molecular weight excluding hydrogens is 394 g/mol. The fourth-order valence-electron chi connectivity index (χ4n) is 2.54. The van der Waals surface area contributed by atoms with Crippen molar-refractivity contribution in [1.82, 2.24) is 10.3 Å². The lowest BCUT2D eigenvalue weighted by Crippen LogP contribution is -2.49. The van der Waals surface area contributed by atoms with Gasteiger partial charge in [-0.3, -0.25) is 4.79 Å². The standard InChI is InChI=1S/C16H21N3O6S2/c1-4-24-14(21)12-13(18-15(17)26-12)27(22,23)11-6-8-16(9-7-11,25-5-2)19-10(3)20/h6-8H,4-5,9H2,1-3H3,(H2,17,18)(H,19,20). The van der Waals surface area contributed by atoms with E-state index in [2.05, 4.69) is 10.3 Å². The zero-order valence-electron chi connectivity index (χ0n) is 15.1. The van der Waals surface area contributed by atoms with E-state index in [4.69, 9.17) is 15.2 Å². The molecule has 0 radical (unpaired) electrons. The van der Waals surface area contributed by atoms with Gasteiger partial charge in [-0.25, -0.2) is 18.2 Å².